The number of halogens is 2. The highest BCUT2D eigenvalue weighted by Crippen LogP contribution is 2.32. The minimum absolute atomic E-state index is 0.0769. The molecule has 0 fully saturated rings. The van der Waals surface area contributed by atoms with Gasteiger partial charge in [0.1, 0.15) is 17.3 Å². The molecule has 0 unspecified atom stereocenters. The number of rotatable bonds is 5. The third-order valence-corrected chi connectivity index (χ3v) is 6.75. The van der Waals surface area contributed by atoms with E-state index >= 15 is 0 Å². The SMILES string of the molecule is CC(C)(C)c1ccc(Oc2ccc(NC(=O)N3CC(c4ccc(F)cc4)=C(c4ccc(Cl)cc4)N3)cc2)cc1. The number of amides is 2. The number of carbonyl (C=O) groups is 1. The summed E-state index contributed by atoms with van der Waals surface area (Å²) in [5, 5.41) is 5.03. The van der Waals surface area contributed by atoms with Gasteiger partial charge >= 0.3 is 6.03 Å². The molecule has 2 amide bonds. The molecular weight excluding hydrogens is 513 g/mol. The molecule has 0 aromatic heterocycles. The summed E-state index contributed by atoms with van der Waals surface area (Å²) in [6.07, 6.45) is 0. The lowest BCUT2D eigenvalue weighted by Crippen LogP contribution is -2.40. The predicted molar refractivity (Wildman–Crippen MR) is 155 cm³/mol. The van der Waals surface area contributed by atoms with E-state index in [1.807, 2.05) is 36.4 Å². The van der Waals surface area contributed by atoms with Gasteiger partial charge in [-0.25, -0.2) is 14.2 Å². The Bertz CT molecular complexity index is 1430. The summed E-state index contributed by atoms with van der Waals surface area (Å²) < 4.78 is 19.5. The van der Waals surface area contributed by atoms with Crippen LogP contribution in [0.2, 0.25) is 5.02 Å². The fourth-order valence-electron chi connectivity index (χ4n) is 4.30. The first kappa shape index (κ1) is 26.3. The number of benzene rings is 4. The molecule has 0 radical (unpaired) electrons. The molecule has 0 bridgehead atoms. The van der Waals surface area contributed by atoms with E-state index in [-0.39, 0.29) is 17.3 Å². The van der Waals surface area contributed by atoms with Crippen LogP contribution < -0.4 is 15.5 Å². The predicted octanol–water partition coefficient (Wildman–Crippen LogP) is 8.49. The number of hydrogen-bond acceptors (Lipinski definition) is 3. The van der Waals surface area contributed by atoms with Crippen molar-refractivity contribution in [3.05, 3.63) is 125 Å². The summed E-state index contributed by atoms with van der Waals surface area (Å²) in [6, 6.07) is 28.5. The summed E-state index contributed by atoms with van der Waals surface area (Å²) in [4.78, 5) is 13.2. The number of nitrogens with zero attached hydrogens (tertiary/aromatic N) is 1. The van der Waals surface area contributed by atoms with Gasteiger partial charge in [-0.3, -0.25) is 5.43 Å². The molecule has 198 valence electrons. The largest absolute Gasteiger partial charge is 0.457 e. The number of ether oxygens (including phenoxy) is 1. The molecule has 39 heavy (non-hydrogen) atoms. The third kappa shape index (κ3) is 6.24. The van der Waals surface area contributed by atoms with Crippen LogP contribution >= 0.6 is 11.6 Å². The summed E-state index contributed by atoms with van der Waals surface area (Å²) in [7, 11) is 0. The number of hydrazine groups is 1. The molecule has 4 aromatic rings. The first-order valence-corrected chi connectivity index (χ1v) is 13.0. The van der Waals surface area contributed by atoms with E-state index in [9.17, 15) is 9.18 Å². The Morgan fingerprint density at radius 2 is 1.41 bits per heavy atom. The molecule has 0 saturated carbocycles. The first-order valence-electron chi connectivity index (χ1n) is 12.6. The van der Waals surface area contributed by atoms with E-state index < -0.39 is 0 Å². The maximum atomic E-state index is 13.6. The van der Waals surface area contributed by atoms with E-state index in [2.05, 4.69) is 43.6 Å². The number of anilines is 1. The van der Waals surface area contributed by atoms with Crippen LogP contribution in [0.3, 0.4) is 0 Å². The van der Waals surface area contributed by atoms with E-state index in [0.29, 0.717) is 23.0 Å². The van der Waals surface area contributed by atoms with Crippen LogP contribution in [0, 0.1) is 5.82 Å². The van der Waals surface area contributed by atoms with Gasteiger partial charge in [-0.05, 0) is 82.8 Å². The van der Waals surface area contributed by atoms with Gasteiger partial charge in [0.15, 0.2) is 0 Å². The molecular formula is C32H29ClFN3O2. The Kier molecular flexibility index (Phi) is 7.31. The fraction of sp³-hybridized carbons (Fsp3) is 0.156. The Labute approximate surface area is 232 Å². The minimum Gasteiger partial charge on any atom is -0.457 e. The smallest absolute Gasteiger partial charge is 0.340 e. The number of nitrogens with one attached hydrogen (secondary N) is 2. The molecule has 2 N–H and O–H groups in total. The van der Waals surface area contributed by atoms with Gasteiger partial charge in [0, 0.05) is 16.3 Å². The zero-order chi connectivity index (χ0) is 27.6. The molecule has 1 heterocycles. The van der Waals surface area contributed by atoms with Crippen molar-refractivity contribution in [2.75, 3.05) is 11.9 Å². The maximum absolute atomic E-state index is 13.6. The van der Waals surface area contributed by atoms with Crippen molar-refractivity contribution in [2.45, 2.75) is 26.2 Å². The molecule has 1 aliphatic rings. The van der Waals surface area contributed by atoms with Gasteiger partial charge in [0.05, 0.1) is 12.2 Å². The molecule has 7 heteroatoms. The molecule has 1 aliphatic heterocycles. The number of hydrogen-bond donors (Lipinski definition) is 2. The highest BCUT2D eigenvalue weighted by Gasteiger charge is 2.27. The first-order chi connectivity index (χ1) is 18.7. The van der Waals surface area contributed by atoms with Gasteiger partial charge < -0.3 is 10.1 Å². The van der Waals surface area contributed by atoms with Crippen molar-refractivity contribution < 1.29 is 13.9 Å². The van der Waals surface area contributed by atoms with Gasteiger partial charge in [0.25, 0.3) is 0 Å². The van der Waals surface area contributed by atoms with Gasteiger partial charge in [-0.1, -0.05) is 68.8 Å². The van der Waals surface area contributed by atoms with E-state index in [1.54, 1.807) is 36.4 Å². The Hall–Kier alpha value is -4.29. The van der Waals surface area contributed by atoms with Crippen LogP contribution in [0.5, 0.6) is 11.5 Å². The molecule has 4 aromatic carbocycles. The lowest BCUT2D eigenvalue weighted by Gasteiger charge is -2.19. The van der Waals surface area contributed by atoms with Crippen molar-refractivity contribution in [1.82, 2.24) is 10.4 Å². The second-order valence-corrected chi connectivity index (χ2v) is 10.8. The van der Waals surface area contributed by atoms with Crippen LogP contribution in [0.15, 0.2) is 97.1 Å². The molecule has 0 spiro atoms. The Morgan fingerprint density at radius 1 is 0.846 bits per heavy atom. The molecule has 0 aliphatic carbocycles. The van der Waals surface area contributed by atoms with Crippen LogP contribution in [0.1, 0.15) is 37.5 Å². The summed E-state index contributed by atoms with van der Waals surface area (Å²) >= 11 is 6.08. The fourth-order valence-corrected chi connectivity index (χ4v) is 4.43. The van der Waals surface area contributed by atoms with Crippen molar-refractivity contribution in [1.29, 1.82) is 0 Å². The lowest BCUT2D eigenvalue weighted by molar-refractivity contribution is 0.210. The minimum atomic E-state index is -0.329. The molecule has 0 atom stereocenters. The highest BCUT2D eigenvalue weighted by molar-refractivity contribution is 6.30. The standard InChI is InChI=1S/C32H29ClFN3O2/c1-32(2,3)23-8-16-27(17-9-23)39-28-18-14-26(15-19-28)35-31(38)37-20-29(21-6-12-25(34)13-7-21)30(36-37)22-4-10-24(33)11-5-22/h4-19,36H,20H2,1-3H3,(H,35,38). The third-order valence-electron chi connectivity index (χ3n) is 6.50. The molecule has 5 rings (SSSR count). The van der Waals surface area contributed by atoms with E-state index in [0.717, 1.165) is 28.1 Å². The van der Waals surface area contributed by atoms with Crippen LogP contribution in [-0.2, 0) is 5.41 Å². The quantitative estimate of drug-likeness (QED) is 0.266. The van der Waals surface area contributed by atoms with Crippen LogP contribution in [0.25, 0.3) is 11.3 Å². The maximum Gasteiger partial charge on any atom is 0.340 e. The Balaban J connectivity index is 1.27. The number of carbonyl (C=O) groups excluding carboxylic acids is 1. The molecule has 0 saturated heterocycles. The van der Waals surface area contributed by atoms with E-state index in [4.69, 9.17) is 16.3 Å². The average molecular weight is 542 g/mol. The lowest BCUT2D eigenvalue weighted by atomic mass is 9.87. The summed E-state index contributed by atoms with van der Waals surface area (Å²) in [5.41, 5.74) is 8.46. The topological polar surface area (TPSA) is 53.6 Å². The van der Waals surface area contributed by atoms with Crippen molar-refractivity contribution in [2.24, 2.45) is 0 Å². The van der Waals surface area contributed by atoms with Crippen molar-refractivity contribution >= 4 is 34.6 Å². The average Bonchev–Trinajstić information content (AvgIpc) is 3.36. The second kappa shape index (κ2) is 10.8. The monoisotopic (exact) mass is 541 g/mol. The summed E-state index contributed by atoms with van der Waals surface area (Å²) in [5.74, 6) is 1.10. The van der Waals surface area contributed by atoms with Crippen molar-refractivity contribution in [3.8, 4) is 11.5 Å². The van der Waals surface area contributed by atoms with Gasteiger partial charge in [0.2, 0.25) is 0 Å². The number of urea groups is 1. The highest BCUT2D eigenvalue weighted by atomic mass is 35.5. The molecule has 5 nitrogen and oxygen atoms in total. The van der Waals surface area contributed by atoms with E-state index in [1.165, 1.54) is 22.7 Å². The Morgan fingerprint density at radius 3 is 2.00 bits per heavy atom. The zero-order valence-corrected chi connectivity index (χ0v) is 22.7. The zero-order valence-electron chi connectivity index (χ0n) is 22.0. The normalized spacial score (nSPS) is 13.3. The summed E-state index contributed by atoms with van der Waals surface area (Å²) in [6.45, 7) is 6.81. The van der Waals surface area contributed by atoms with Crippen molar-refractivity contribution in [3.63, 3.8) is 0 Å². The van der Waals surface area contributed by atoms with Gasteiger partial charge in [-0.2, -0.15) is 0 Å². The van der Waals surface area contributed by atoms with Gasteiger partial charge in [-0.15, -0.1) is 0 Å². The van der Waals surface area contributed by atoms with Crippen LogP contribution in [-0.4, -0.2) is 17.6 Å². The second-order valence-electron chi connectivity index (χ2n) is 10.4. The van der Waals surface area contributed by atoms with Crippen LogP contribution in [0.4, 0.5) is 14.9 Å².